The van der Waals surface area contributed by atoms with Crippen LogP contribution in [0.3, 0.4) is 0 Å². The Morgan fingerprint density at radius 2 is 2.67 bits per heavy atom. The minimum Gasteiger partial charge on any atom is -0.478 e. The fourth-order valence-electron chi connectivity index (χ4n) is 0. The summed E-state index contributed by atoms with van der Waals surface area (Å²) >= 11 is 0. The summed E-state index contributed by atoms with van der Waals surface area (Å²) in [6.07, 6.45) is 0. The largest absolute Gasteiger partial charge is 0.478 e. The molecule has 0 aliphatic carbocycles. The summed E-state index contributed by atoms with van der Waals surface area (Å²) < 4.78 is 6.40. The van der Waals surface area contributed by atoms with Gasteiger partial charge in [-0.2, -0.15) is 0 Å². The molecule has 2 nitrogen and oxygen atoms in total. The standard InChI is InChI=1S/C4H6O2/c1-3(2)4(5)6/h1H2,2H3,(H,5,6)/i1D. The van der Waals surface area contributed by atoms with Crippen molar-refractivity contribution in [2.24, 2.45) is 0 Å². The summed E-state index contributed by atoms with van der Waals surface area (Å²) in [6.45, 7) is 2.18. The minimum atomic E-state index is -1.03. The van der Waals surface area contributed by atoms with E-state index in [-0.39, 0.29) is 5.57 Å². The van der Waals surface area contributed by atoms with Gasteiger partial charge >= 0.3 is 5.97 Å². The average molecular weight is 87.1 g/mol. The molecule has 0 heterocycles. The van der Waals surface area contributed by atoms with E-state index >= 15 is 0 Å². The molecule has 1 N–H and O–H groups in total. The molecule has 0 radical (unpaired) electrons. The average Bonchev–Trinajstić information content (AvgIpc) is 1.65. The van der Waals surface area contributed by atoms with Gasteiger partial charge in [0, 0.05) is 5.57 Å². The van der Waals surface area contributed by atoms with Crippen molar-refractivity contribution in [3.05, 3.63) is 12.1 Å². The Kier molecular flexibility index (Phi) is 0.906. The van der Waals surface area contributed by atoms with Crippen LogP contribution in [0.4, 0.5) is 0 Å². The molecule has 0 aliphatic rings. The molecule has 2 heteroatoms. The van der Waals surface area contributed by atoms with Crippen LogP contribution in [0.5, 0.6) is 0 Å². The zero-order valence-corrected chi connectivity index (χ0v) is 3.43. The maximum atomic E-state index is 9.74. The Bertz CT molecular complexity index is 106. The third kappa shape index (κ3) is 1.52. The number of carboxylic acid groups (broad SMARTS) is 1. The van der Waals surface area contributed by atoms with Gasteiger partial charge in [-0.05, 0) is 6.92 Å². The summed E-state index contributed by atoms with van der Waals surface area (Å²) in [5.74, 6) is -1.03. The predicted molar refractivity (Wildman–Crippen MR) is 22.4 cm³/mol. The van der Waals surface area contributed by atoms with Crippen molar-refractivity contribution in [1.29, 1.82) is 0 Å². The number of hydrogen-bond donors (Lipinski definition) is 1. The van der Waals surface area contributed by atoms with Crippen LogP contribution in [0.2, 0.25) is 0 Å². The first kappa shape index (κ1) is 3.40. The number of carbonyl (C=O) groups is 1. The molecule has 0 aromatic rings. The molecule has 0 saturated heterocycles. The van der Waals surface area contributed by atoms with Crippen LogP contribution in [-0.4, -0.2) is 11.1 Å². The lowest BCUT2D eigenvalue weighted by atomic mass is 10.4. The van der Waals surface area contributed by atoms with Crippen molar-refractivity contribution < 1.29 is 11.3 Å². The van der Waals surface area contributed by atoms with Crippen LogP contribution in [0.1, 0.15) is 8.29 Å². The highest BCUT2D eigenvalue weighted by Gasteiger charge is 1.90. The Labute approximate surface area is 37.5 Å². The van der Waals surface area contributed by atoms with Gasteiger partial charge < -0.3 is 5.11 Å². The van der Waals surface area contributed by atoms with Crippen molar-refractivity contribution in [3.63, 3.8) is 0 Å². The SMILES string of the molecule is [2H]C=C(C)C(=O)O. The molecule has 6 heavy (non-hydrogen) atoms. The number of rotatable bonds is 1. The van der Waals surface area contributed by atoms with E-state index in [1.807, 2.05) is 0 Å². The van der Waals surface area contributed by atoms with Gasteiger partial charge in [0.25, 0.3) is 0 Å². The maximum absolute atomic E-state index is 9.74. The molecule has 0 rings (SSSR count). The molecule has 0 fully saturated rings. The first-order chi connectivity index (χ1) is 3.18. The quantitative estimate of drug-likeness (QED) is 0.477. The normalized spacial score (nSPS) is 13.5. The van der Waals surface area contributed by atoms with Crippen molar-refractivity contribution in [3.8, 4) is 0 Å². The van der Waals surface area contributed by atoms with Crippen LogP contribution in [0.15, 0.2) is 12.1 Å². The van der Waals surface area contributed by atoms with E-state index < -0.39 is 5.97 Å². The fourth-order valence-corrected chi connectivity index (χ4v) is 0. The summed E-state index contributed by atoms with van der Waals surface area (Å²) in [6, 6.07) is 0. The highest BCUT2D eigenvalue weighted by molar-refractivity contribution is 5.84. The summed E-state index contributed by atoms with van der Waals surface area (Å²) in [5.41, 5.74) is 0.0556. The zero-order valence-electron chi connectivity index (χ0n) is 4.43. The lowest BCUT2D eigenvalue weighted by molar-refractivity contribution is -0.132. The second-order valence-corrected chi connectivity index (χ2v) is 0.988. The predicted octanol–water partition coefficient (Wildman–Crippen LogP) is 0.647. The zero-order chi connectivity index (χ0) is 5.86. The van der Waals surface area contributed by atoms with E-state index in [9.17, 15) is 4.79 Å². The first-order valence-corrected chi connectivity index (χ1v) is 1.47. The van der Waals surface area contributed by atoms with E-state index in [4.69, 9.17) is 6.48 Å². The van der Waals surface area contributed by atoms with Crippen molar-refractivity contribution >= 4 is 5.97 Å². The van der Waals surface area contributed by atoms with Gasteiger partial charge in [0.05, 0.1) is 1.37 Å². The van der Waals surface area contributed by atoms with Crippen LogP contribution < -0.4 is 0 Å². The van der Waals surface area contributed by atoms with Crippen LogP contribution in [0, 0.1) is 0 Å². The van der Waals surface area contributed by atoms with Crippen LogP contribution in [0.25, 0.3) is 0 Å². The maximum Gasteiger partial charge on any atom is 0.330 e. The Balaban J connectivity index is 3.82. The highest BCUT2D eigenvalue weighted by atomic mass is 16.4. The lowest BCUT2D eigenvalue weighted by Crippen LogP contribution is -1.92. The molecule has 0 saturated carbocycles. The van der Waals surface area contributed by atoms with Crippen LogP contribution in [-0.2, 0) is 4.79 Å². The van der Waals surface area contributed by atoms with E-state index in [1.54, 1.807) is 0 Å². The summed E-state index contributed by atoms with van der Waals surface area (Å²) in [7, 11) is 0. The molecule has 0 atom stereocenters. The Morgan fingerprint density at radius 1 is 2.17 bits per heavy atom. The van der Waals surface area contributed by atoms with Gasteiger partial charge in [-0.3, -0.25) is 0 Å². The summed E-state index contributed by atoms with van der Waals surface area (Å²) in [5, 5.41) is 7.99. The van der Waals surface area contributed by atoms with E-state index in [2.05, 4.69) is 0 Å². The van der Waals surface area contributed by atoms with Gasteiger partial charge in [0.1, 0.15) is 0 Å². The van der Waals surface area contributed by atoms with Crippen molar-refractivity contribution in [1.82, 2.24) is 0 Å². The molecule has 0 aromatic carbocycles. The molecule has 0 amide bonds. The van der Waals surface area contributed by atoms with Gasteiger partial charge in [-0.1, -0.05) is 6.55 Å². The Hall–Kier alpha value is -0.790. The van der Waals surface area contributed by atoms with E-state index in [0.29, 0.717) is 0 Å². The highest BCUT2D eigenvalue weighted by Crippen LogP contribution is 1.81. The monoisotopic (exact) mass is 87.0 g/mol. The third-order valence-electron chi connectivity index (χ3n) is 0.337. The van der Waals surface area contributed by atoms with Crippen molar-refractivity contribution in [2.45, 2.75) is 6.92 Å². The van der Waals surface area contributed by atoms with Gasteiger partial charge in [-0.25, -0.2) is 4.79 Å². The summed E-state index contributed by atoms with van der Waals surface area (Å²) in [4.78, 5) is 9.74. The molecule has 0 bridgehead atoms. The second-order valence-electron chi connectivity index (χ2n) is 0.988. The smallest absolute Gasteiger partial charge is 0.330 e. The minimum absolute atomic E-state index is 0.0556. The van der Waals surface area contributed by atoms with Crippen molar-refractivity contribution in [2.75, 3.05) is 0 Å². The number of hydrogen-bond acceptors (Lipinski definition) is 1. The Morgan fingerprint density at radius 3 is 2.67 bits per heavy atom. The molecule has 0 spiro atoms. The topological polar surface area (TPSA) is 37.3 Å². The molecular weight excluding hydrogens is 80.0 g/mol. The van der Waals surface area contributed by atoms with Crippen LogP contribution >= 0.6 is 0 Å². The molecule has 0 unspecified atom stereocenters. The fraction of sp³-hybridized carbons (Fsp3) is 0.250. The third-order valence-corrected chi connectivity index (χ3v) is 0.337. The molecule has 34 valence electrons. The number of aliphatic carboxylic acids is 1. The van der Waals surface area contributed by atoms with E-state index in [1.165, 1.54) is 6.92 Å². The lowest BCUT2D eigenvalue weighted by Gasteiger charge is -1.79. The van der Waals surface area contributed by atoms with Gasteiger partial charge in [0.2, 0.25) is 0 Å². The molecular formula is C4H6O2. The van der Waals surface area contributed by atoms with E-state index in [0.717, 1.165) is 6.55 Å². The molecule has 0 aromatic heterocycles. The van der Waals surface area contributed by atoms with Gasteiger partial charge in [-0.15, -0.1) is 0 Å². The molecule has 0 aliphatic heterocycles. The second kappa shape index (κ2) is 1.60. The first-order valence-electron chi connectivity index (χ1n) is 2.04. The van der Waals surface area contributed by atoms with Gasteiger partial charge in [0.15, 0.2) is 0 Å². The number of carboxylic acids is 1.